The number of hydrogen-bond acceptors (Lipinski definition) is 9. The number of rotatable bonds is 41. The van der Waals surface area contributed by atoms with Gasteiger partial charge in [-0.3, -0.25) is 0 Å². The minimum absolute atomic E-state index is 0.536. The second-order valence-electron chi connectivity index (χ2n) is 10.9. The molecule has 44 heavy (non-hydrogen) atoms. The van der Waals surface area contributed by atoms with Gasteiger partial charge in [-0.05, 0) is 6.42 Å². The molecule has 0 saturated carbocycles. The zero-order valence-corrected chi connectivity index (χ0v) is 28.6. The van der Waals surface area contributed by atoms with Crippen LogP contribution < -0.4 is 0 Å². The van der Waals surface area contributed by atoms with Crippen molar-refractivity contribution >= 4 is 0 Å². The van der Waals surface area contributed by atoms with E-state index in [2.05, 4.69) is 13.5 Å². The van der Waals surface area contributed by atoms with Crippen LogP contribution in [0.4, 0.5) is 0 Å². The van der Waals surface area contributed by atoms with Crippen molar-refractivity contribution in [3.8, 4) is 0 Å². The molecule has 0 aromatic rings. The topological polar surface area (TPSA) is 83.1 Å². The average Bonchev–Trinajstić information content (AvgIpc) is 3.04. The highest BCUT2D eigenvalue weighted by Crippen LogP contribution is 2.12. The molecule has 0 unspecified atom stereocenters. The fourth-order valence-corrected chi connectivity index (χ4v) is 4.32. The third kappa shape index (κ3) is 41.4. The molecule has 0 aromatic carbocycles. The van der Waals surface area contributed by atoms with Crippen LogP contribution >= 0.6 is 0 Å². The highest BCUT2D eigenvalue weighted by Gasteiger charge is 1.97. The standard InChI is InChI=1S/C35H70O9/c1-3-5-6-7-8-9-10-11-12-13-14-15-16-17-19-37-21-23-39-25-27-41-29-31-43-33-35-44-34-32-42-30-28-40-26-24-38-22-20-36-18-4-2/h4H,2-3,5-35H2,1H3. The van der Waals surface area contributed by atoms with Crippen LogP contribution in [0.1, 0.15) is 96.8 Å². The quantitative estimate of drug-likeness (QED) is 0.0532. The fourth-order valence-electron chi connectivity index (χ4n) is 4.32. The molecule has 0 fully saturated rings. The largest absolute Gasteiger partial charge is 0.379 e. The van der Waals surface area contributed by atoms with Crippen molar-refractivity contribution in [2.75, 3.05) is 119 Å². The Hall–Kier alpha value is -0.620. The normalized spacial score (nSPS) is 11.5. The molecule has 0 aliphatic carbocycles. The van der Waals surface area contributed by atoms with Gasteiger partial charge in [0.25, 0.3) is 0 Å². The molecule has 0 bridgehead atoms. The summed E-state index contributed by atoms with van der Waals surface area (Å²) in [5.74, 6) is 0. The molecular weight excluding hydrogens is 564 g/mol. The third-order valence-electron chi connectivity index (χ3n) is 6.85. The van der Waals surface area contributed by atoms with Gasteiger partial charge >= 0.3 is 0 Å². The van der Waals surface area contributed by atoms with Gasteiger partial charge in [-0.15, -0.1) is 6.58 Å². The van der Waals surface area contributed by atoms with E-state index in [4.69, 9.17) is 42.6 Å². The van der Waals surface area contributed by atoms with Gasteiger partial charge in [0.2, 0.25) is 0 Å². The van der Waals surface area contributed by atoms with Crippen molar-refractivity contribution in [1.82, 2.24) is 0 Å². The van der Waals surface area contributed by atoms with E-state index in [1.807, 2.05) is 0 Å². The van der Waals surface area contributed by atoms with E-state index >= 15 is 0 Å². The first-order chi connectivity index (χ1) is 21.9. The van der Waals surface area contributed by atoms with Crippen molar-refractivity contribution in [1.29, 1.82) is 0 Å². The van der Waals surface area contributed by atoms with E-state index in [0.717, 1.165) is 13.0 Å². The lowest BCUT2D eigenvalue weighted by atomic mass is 10.0. The molecule has 0 aliphatic rings. The molecule has 0 aromatic heterocycles. The van der Waals surface area contributed by atoms with Gasteiger partial charge in [-0.25, -0.2) is 0 Å². The van der Waals surface area contributed by atoms with Gasteiger partial charge in [0.1, 0.15) is 0 Å². The summed E-state index contributed by atoms with van der Waals surface area (Å²) in [6.45, 7) is 16.2. The first kappa shape index (κ1) is 43.4. The molecular formula is C35H70O9. The lowest BCUT2D eigenvalue weighted by Gasteiger charge is -2.09. The Morgan fingerprint density at radius 3 is 0.795 bits per heavy atom. The molecule has 0 radical (unpaired) electrons. The zero-order chi connectivity index (χ0) is 31.7. The predicted molar refractivity (Wildman–Crippen MR) is 178 cm³/mol. The van der Waals surface area contributed by atoms with Crippen LogP contribution in [0.25, 0.3) is 0 Å². The average molecular weight is 635 g/mol. The van der Waals surface area contributed by atoms with E-state index in [1.54, 1.807) is 6.08 Å². The van der Waals surface area contributed by atoms with Crippen LogP contribution in [0, 0.1) is 0 Å². The number of hydrogen-bond donors (Lipinski definition) is 0. The first-order valence-corrected chi connectivity index (χ1v) is 17.7. The van der Waals surface area contributed by atoms with Crippen molar-refractivity contribution < 1.29 is 42.6 Å². The van der Waals surface area contributed by atoms with Crippen LogP contribution in [0.3, 0.4) is 0 Å². The van der Waals surface area contributed by atoms with Crippen LogP contribution in [0.15, 0.2) is 12.7 Å². The predicted octanol–water partition coefficient (Wildman–Crippen LogP) is 6.80. The maximum absolute atomic E-state index is 5.67. The molecule has 0 aliphatic heterocycles. The van der Waals surface area contributed by atoms with Crippen LogP contribution in [-0.4, -0.2) is 119 Å². The van der Waals surface area contributed by atoms with Crippen molar-refractivity contribution in [3.63, 3.8) is 0 Å². The smallest absolute Gasteiger partial charge is 0.0704 e. The molecule has 0 N–H and O–H groups in total. The minimum Gasteiger partial charge on any atom is -0.379 e. The molecule has 0 spiro atoms. The maximum atomic E-state index is 5.67. The second-order valence-corrected chi connectivity index (χ2v) is 10.9. The van der Waals surface area contributed by atoms with Gasteiger partial charge in [0.15, 0.2) is 0 Å². The Balaban J connectivity index is 3.03. The monoisotopic (exact) mass is 635 g/mol. The fraction of sp³-hybridized carbons (Fsp3) is 0.943. The van der Waals surface area contributed by atoms with Crippen LogP contribution in [0.2, 0.25) is 0 Å². The lowest BCUT2D eigenvalue weighted by molar-refractivity contribution is -0.0246. The SMILES string of the molecule is C=CCOCCOCCOCCOCCOCCOCCOCCOCCOCCCCCCCCCCCCCCCC. The first-order valence-electron chi connectivity index (χ1n) is 17.7. The van der Waals surface area contributed by atoms with Gasteiger partial charge in [0.05, 0.1) is 112 Å². The third-order valence-corrected chi connectivity index (χ3v) is 6.85. The number of unbranched alkanes of at least 4 members (excludes halogenated alkanes) is 13. The molecule has 264 valence electrons. The second kappa shape index (κ2) is 42.4. The van der Waals surface area contributed by atoms with Crippen molar-refractivity contribution in [2.45, 2.75) is 96.8 Å². The molecule has 0 heterocycles. The molecule has 9 nitrogen and oxygen atoms in total. The molecule has 0 rings (SSSR count). The Morgan fingerprint density at radius 2 is 0.523 bits per heavy atom. The van der Waals surface area contributed by atoms with Crippen LogP contribution in [0.5, 0.6) is 0 Å². The molecule has 0 atom stereocenters. The van der Waals surface area contributed by atoms with Gasteiger partial charge in [0, 0.05) is 6.61 Å². The van der Waals surface area contributed by atoms with E-state index in [-0.39, 0.29) is 0 Å². The zero-order valence-electron chi connectivity index (χ0n) is 28.6. The summed E-state index contributed by atoms with van der Waals surface area (Å²) in [5, 5.41) is 0. The van der Waals surface area contributed by atoms with Gasteiger partial charge in [-0.1, -0.05) is 96.5 Å². The summed E-state index contributed by atoms with van der Waals surface area (Å²) in [6.07, 6.45) is 21.0. The summed E-state index contributed by atoms with van der Waals surface area (Å²) in [5.41, 5.74) is 0. The summed E-state index contributed by atoms with van der Waals surface area (Å²) in [4.78, 5) is 0. The maximum Gasteiger partial charge on any atom is 0.0704 e. The van der Waals surface area contributed by atoms with Crippen molar-refractivity contribution in [3.05, 3.63) is 12.7 Å². The lowest BCUT2D eigenvalue weighted by Crippen LogP contribution is -2.15. The van der Waals surface area contributed by atoms with E-state index in [1.165, 1.54) is 83.5 Å². The highest BCUT2D eigenvalue weighted by molar-refractivity contribution is 4.63. The minimum atomic E-state index is 0.536. The van der Waals surface area contributed by atoms with Crippen molar-refractivity contribution in [2.24, 2.45) is 0 Å². The molecule has 0 amide bonds. The van der Waals surface area contributed by atoms with E-state index in [0.29, 0.717) is 112 Å². The Kier molecular flexibility index (Phi) is 41.8. The highest BCUT2D eigenvalue weighted by atomic mass is 16.6. The molecule has 0 saturated heterocycles. The summed E-state index contributed by atoms with van der Waals surface area (Å²) >= 11 is 0. The van der Waals surface area contributed by atoms with Gasteiger partial charge in [-0.2, -0.15) is 0 Å². The summed E-state index contributed by atoms with van der Waals surface area (Å²) in [6, 6.07) is 0. The Labute approximate surface area is 270 Å². The van der Waals surface area contributed by atoms with E-state index in [9.17, 15) is 0 Å². The summed E-state index contributed by atoms with van der Waals surface area (Å²) in [7, 11) is 0. The summed E-state index contributed by atoms with van der Waals surface area (Å²) < 4.78 is 49.2. The van der Waals surface area contributed by atoms with E-state index < -0.39 is 0 Å². The molecule has 9 heteroatoms. The van der Waals surface area contributed by atoms with Crippen LogP contribution in [-0.2, 0) is 42.6 Å². The van der Waals surface area contributed by atoms with Gasteiger partial charge < -0.3 is 42.6 Å². The Morgan fingerprint density at radius 1 is 0.295 bits per heavy atom. The Bertz CT molecular complexity index is 511. The number of ether oxygens (including phenoxy) is 9.